The number of hydrogen-bond donors (Lipinski definition) is 0. The minimum atomic E-state index is 0.335. The molecule has 0 fully saturated rings. The maximum atomic E-state index is 6.03. The van der Waals surface area contributed by atoms with Gasteiger partial charge in [0.25, 0.3) is 0 Å². The number of rotatable bonds is 5. The first-order valence-corrected chi connectivity index (χ1v) is 6.32. The molecule has 0 heterocycles. The van der Waals surface area contributed by atoms with Gasteiger partial charge in [-0.25, -0.2) is 0 Å². The zero-order valence-corrected chi connectivity index (χ0v) is 11.4. The maximum absolute atomic E-state index is 6.03. The van der Waals surface area contributed by atoms with Crippen LogP contribution in [0.15, 0.2) is 28.7 Å². The summed E-state index contributed by atoms with van der Waals surface area (Å²) in [6.45, 7) is 2.90. The summed E-state index contributed by atoms with van der Waals surface area (Å²) in [6.07, 6.45) is 0. The highest BCUT2D eigenvalue weighted by atomic mass is 79.9. The second-order valence-corrected chi connectivity index (χ2v) is 4.88. The van der Waals surface area contributed by atoms with E-state index >= 15 is 0 Å². The van der Waals surface area contributed by atoms with E-state index in [1.807, 2.05) is 12.1 Å². The van der Waals surface area contributed by atoms with E-state index in [1.54, 1.807) is 7.11 Å². The molecule has 0 saturated carbocycles. The molecule has 0 amide bonds. The molecule has 0 radical (unpaired) electrons. The molecule has 0 aliphatic rings. The fraction of sp³-hybridized carbons (Fsp3) is 0.500. The van der Waals surface area contributed by atoms with E-state index < -0.39 is 0 Å². The van der Waals surface area contributed by atoms with E-state index in [-0.39, 0.29) is 0 Å². The number of methoxy groups -OCH3 is 1. The first kappa shape index (κ1) is 13.0. The summed E-state index contributed by atoms with van der Waals surface area (Å²) in [7, 11) is 1.72. The lowest BCUT2D eigenvalue weighted by atomic mass is 9.89. The van der Waals surface area contributed by atoms with Gasteiger partial charge in [0.1, 0.15) is 0 Å². The lowest BCUT2D eigenvalue weighted by Crippen LogP contribution is -2.16. The molecule has 0 saturated heterocycles. The van der Waals surface area contributed by atoms with Crippen molar-refractivity contribution in [3.8, 4) is 0 Å². The second-order valence-electron chi connectivity index (χ2n) is 3.71. The van der Waals surface area contributed by atoms with Crippen molar-refractivity contribution in [1.29, 1.82) is 0 Å². The first-order valence-electron chi connectivity index (χ1n) is 5.00. The van der Waals surface area contributed by atoms with Crippen LogP contribution in [0.1, 0.15) is 18.4 Å². The minimum absolute atomic E-state index is 0.335. The lowest BCUT2D eigenvalue weighted by molar-refractivity contribution is 0.150. The first-order chi connectivity index (χ1) is 7.20. The molecule has 84 valence electrons. The van der Waals surface area contributed by atoms with Crippen LogP contribution < -0.4 is 0 Å². The quantitative estimate of drug-likeness (QED) is 0.744. The van der Waals surface area contributed by atoms with Gasteiger partial charge in [0.05, 0.1) is 0 Å². The van der Waals surface area contributed by atoms with E-state index in [2.05, 4.69) is 35.0 Å². The van der Waals surface area contributed by atoms with E-state index in [0.29, 0.717) is 17.7 Å². The Morgan fingerprint density at radius 2 is 2.07 bits per heavy atom. The van der Waals surface area contributed by atoms with Gasteiger partial charge in [-0.3, -0.25) is 0 Å². The van der Waals surface area contributed by atoms with Gasteiger partial charge in [0.2, 0.25) is 0 Å². The Morgan fingerprint density at radius 3 is 2.60 bits per heavy atom. The molecule has 3 heteroatoms. The molecule has 2 atom stereocenters. The molecule has 0 N–H and O–H groups in total. The third-order valence-corrected chi connectivity index (χ3v) is 3.64. The summed E-state index contributed by atoms with van der Waals surface area (Å²) in [5.41, 5.74) is 1.26. The molecule has 2 unspecified atom stereocenters. The Balaban J connectivity index is 2.87. The Labute approximate surface area is 105 Å². The van der Waals surface area contributed by atoms with Gasteiger partial charge in [-0.15, -0.1) is 11.6 Å². The summed E-state index contributed by atoms with van der Waals surface area (Å²) in [4.78, 5) is 0. The zero-order valence-electron chi connectivity index (χ0n) is 9.04. The average molecular weight is 292 g/mol. The summed E-state index contributed by atoms with van der Waals surface area (Å²) in [5.74, 6) is 1.38. The van der Waals surface area contributed by atoms with Gasteiger partial charge < -0.3 is 4.74 Å². The Hall–Kier alpha value is -0.0500. The monoisotopic (exact) mass is 290 g/mol. The van der Waals surface area contributed by atoms with Crippen molar-refractivity contribution in [3.05, 3.63) is 34.3 Å². The average Bonchev–Trinajstić information content (AvgIpc) is 2.22. The molecule has 1 nitrogen and oxygen atoms in total. The van der Waals surface area contributed by atoms with Crippen molar-refractivity contribution in [1.82, 2.24) is 0 Å². The zero-order chi connectivity index (χ0) is 11.3. The molecule has 0 bridgehead atoms. The van der Waals surface area contributed by atoms with Crippen LogP contribution in [-0.2, 0) is 4.74 Å². The van der Waals surface area contributed by atoms with Gasteiger partial charge >= 0.3 is 0 Å². The number of ether oxygens (including phenoxy) is 1. The van der Waals surface area contributed by atoms with E-state index in [4.69, 9.17) is 16.3 Å². The highest BCUT2D eigenvalue weighted by Crippen LogP contribution is 2.31. The van der Waals surface area contributed by atoms with Crippen LogP contribution in [0.5, 0.6) is 0 Å². The van der Waals surface area contributed by atoms with Gasteiger partial charge in [-0.05, 0) is 17.5 Å². The Morgan fingerprint density at radius 1 is 1.40 bits per heavy atom. The number of halogens is 2. The van der Waals surface area contributed by atoms with Gasteiger partial charge in [-0.1, -0.05) is 41.1 Å². The van der Waals surface area contributed by atoms with Gasteiger partial charge in [0, 0.05) is 30.0 Å². The Kier molecular flexibility index (Phi) is 5.65. The number of benzene rings is 1. The van der Waals surface area contributed by atoms with Crippen molar-refractivity contribution in [2.45, 2.75) is 12.8 Å². The van der Waals surface area contributed by atoms with E-state index in [1.165, 1.54) is 5.56 Å². The van der Waals surface area contributed by atoms with Crippen molar-refractivity contribution in [2.24, 2.45) is 5.92 Å². The largest absolute Gasteiger partial charge is 0.384 e. The number of alkyl halides is 1. The van der Waals surface area contributed by atoms with Crippen molar-refractivity contribution >= 4 is 27.5 Å². The Bertz CT molecular complexity index is 303. The minimum Gasteiger partial charge on any atom is -0.384 e. The van der Waals surface area contributed by atoms with Crippen LogP contribution in [0, 0.1) is 5.92 Å². The van der Waals surface area contributed by atoms with Crippen molar-refractivity contribution in [3.63, 3.8) is 0 Å². The summed E-state index contributed by atoms with van der Waals surface area (Å²) in [6, 6.07) is 8.22. The highest BCUT2D eigenvalue weighted by Gasteiger charge is 2.20. The molecule has 0 aliphatic heterocycles. The van der Waals surface area contributed by atoms with Crippen LogP contribution in [0.4, 0.5) is 0 Å². The summed E-state index contributed by atoms with van der Waals surface area (Å²) >= 11 is 9.59. The summed E-state index contributed by atoms with van der Waals surface area (Å²) < 4.78 is 6.30. The van der Waals surface area contributed by atoms with Crippen LogP contribution in [-0.4, -0.2) is 19.6 Å². The number of hydrogen-bond acceptors (Lipinski definition) is 1. The van der Waals surface area contributed by atoms with E-state index in [9.17, 15) is 0 Å². The predicted molar refractivity (Wildman–Crippen MR) is 68.6 cm³/mol. The molecule has 0 aromatic heterocycles. The molecule has 0 aliphatic carbocycles. The standard InChI is InChI=1S/C12H16BrClO/c1-9(8-15-2)11(7-14)10-5-3-4-6-12(10)13/h3-6,9,11H,7-8H2,1-2H3. The molecule has 15 heavy (non-hydrogen) atoms. The maximum Gasteiger partial charge on any atom is 0.0494 e. The molecular weight excluding hydrogens is 275 g/mol. The molecule has 1 aromatic carbocycles. The molecule has 0 spiro atoms. The summed E-state index contributed by atoms with van der Waals surface area (Å²) in [5, 5.41) is 0. The van der Waals surface area contributed by atoms with Gasteiger partial charge in [-0.2, -0.15) is 0 Å². The molecular formula is C12H16BrClO. The molecule has 1 aromatic rings. The van der Waals surface area contributed by atoms with E-state index in [0.717, 1.165) is 11.1 Å². The fourth-order valence-corrected chi connectivity index (χ4v) is 2.75. The highest BCUT2D eigenvalue weighted by molar-refractivity contribution is 9.10. The normalized spacial score (nSPS) is 14.9. The van der Waals surface area contributed by atoms with Crippen LogP contribution in [0.3, 0.4) is 0 Å². The van der Waals surface area contributed by atoms with Crippen molar-refractivity contribution < 1.29 is 4.74 Å². The predicted octanol–water partition coefficient (Wildman–Crippen LogP) is 4.05. The molecule has 1 rings (SSSR count). The van der Waals surface area contributed by atoms with Crippen LogP contribution in [0.25, 0.3) is 0 Å². The van der Waals surface area contributed by atoms with Crippen LogP contribution in [0.2, 0.25) is 0 Å². The lowest BCUT2D eigenvalue weighted by Gasteiger charge is -2.22. The van der Waals surface area contributed by atoms with Crippen molar-refractivity contribution in [2.75, 3.05) is 19.6 Å². The topological polar surface area (TPSA) is 9.23 Å². The second kappa shape index (κ2) is 6.51. The third-order valence-electron chi connectivity index (χ3n) is 2.59. The van der Waals surface area contributed by atoms with Gasteiger partial charge in [0.15, 0.2) is 0 Å². The SMILES string of the molecule is COCC(C)C(CCl)c1ccccc1Br. The smallest absolute Gasteiger partial charge is 0.0494 e. The van der Waals surface area contributed by atoms with Crippen LogP contribution >= 0.6 is 27.5 Å². The third kappa shape index (κ3) is 3.47. The fourth-order valence-electron chi connectivity index (χ4n) is 1.70.